The van der Waals surface area contributed by atoms with Crippen LogP contribution in [0.1, 0.15) is 76.4 Å². The zero-order valence-corrected chi connectivity index (χ0v) is 27.6. The first kappa shape index (κ1) is 32.0. The van der Waals surface area contributed by atoms with Gasteiger partial charge in [-0.3, -0.25) is 24.0 Å². The number of aliphatic hydroxyl groups is 1. The zero-order valence-electron chi connectivity index (χ0n) is 27.6. The monoisotopic (exact) mass is 622 g/mol. The summed E-state index contributed by atoms with van der Waals surface area (Å²) in [7, 11) is 0. The number of carbonyl (C=O) groups excluding carboxylic acids is 5. The molecule has 46 heavy (non-hydrogen) atoms. The maximum Gasteiger partial charge on any atom is 0.190 e. The number of phenols is 1. The number of benzene rings is 3. The van der Waals surface area contributed by atoms with E-state index < -0.39 is 69.0 Å². The SMILES string of the molecule is CC(=O)C1C(=O)C(C(C)C)[C@@]2(C)C[C@@]3(C)Cc4c(-c5ccc(CC(C)C)c6ccccc56)ccc(O)c4C(=O)C3C(=O)[C@@]2(O)C1=O. The number of phenolic OH excluding ortho intramolecular Hbond substituents is 1. The maximum absolute atomic E-state index is 14.6. The molecular weight excluding hydrogens is 580 g/mol. The van der Waals surface area contributed by atoms with Crippen molar-refractivity contribution < 1.29 is 34.2 Å². The molecule has 3 aromatic rings. The number of hydrogen-bond acceptors (Lipinski definition) is 7. The summed E-state index contributed by atoms with van der Waals surface area (Å²) in [5.74, 6) is -8.48. The number of ketones is 5. The third kappa shape index (κ3) is 4.16. The largest absolute Gasteiger partial charge is 0.507 e. The van der Waals surface area contributed by atoms with Gasteiger partial charge in [0.2, 0.25) is 0 Å². The first-order valence-electron chi connectivity index (χ1n) is 16.2. The van der Waals surface area contributed by atoms with Crippen LogP contribution in [0.2, 0.25) is 0 Å². The number of fused-ring (bicyclic) bond motifs is 4. The molecule has 0 aromatic heterocycles. The van der Waals surface area contributed by atoms with E-state index in [0.29, 0.717) is 11.5 Å². The molecule has 3 aromatic carbocycles. The van der Waals surface area contributed by atoms with Crippen molar-refractivity contribution in [3.05, 3.63) is 65.2 Å². The highest BCUT2D eigenvalue weighted by Gasteiger charge is 2.76. The van der Waals surface area contributed by atoms with Crippen LogP contribution >= 0.6 is 0 Å². The van der Waals surface area contributed by atoms with Crippen LogP contribution in [0.3, 0.4) is 0 Å². The van der Waals surface area contributed by atoms with Crippen LogP contribution in [-0.2, 0) is 32.0 Å². The highest BCUT2D eigenvalue weighted by molar-refractivity contribution is 6.32. The van der Waals surface area contributed by atoms with Crippen LogP contribution in [0.5, 0.6) is 5.75 Å². The second-order valence-electron chi connectivity index (χ2n) is 15.2. The molecule has 0 aliphatic heterocycles. The van der Waals surface area contributed by atoms with Crippen LogP contribution in [0, 0.1) is 40.4 Å². The number of aromatic hydroxyl groups is 1. The Morgan fingerprint density at radius 3 is 2.13 bits per heavy atom. The van der Waals surface area contributed by atoms with E-state index in [0.717, 1.165) is 35.2 Å². The second-order valence-corrected chi connectivity index (χ2v) is 15.2. The van der Waals surface area contributed by atoms with Crippen molar-refractivity contribution in [1.29, 1.82) is 0 Å². The summed E-state index contributed by atoms with van der Waals surface area (Å²) in [6, 6.07) is 15.5. The fourth-order valence-corrected chi connectivity index (χ4v) is 9.60. The van der Waals surface area contributed by atoms with Gasteiger partial charge in [0.05, 0.1) is 11.5 Å². The Labute approximate surface area is 269 Å². The molecule has 0 bridgehead atoms. The molecule has 3 aliphatic carbocycles. The van der Waals surface area contributed by atoms with Crippen molar-refractivity contribution in [2.75, 3.05) is 0 Å². The van der Waals surface area contributed by atoms with Gasteiger partial charge in [-0.05, 0) is 82.5 Å². The van der Waals surface area contributed by atoms with E-state index in [1.165, 1.54) is 11.6 Å². The van der Waals surface area contributed by atoms with Crippen molar-refractivity contribution >= 4 is 39.7 Å². The molecule has 0 heterocycles. The number of rotatable bonds is 5. The van der Waals surface area contributed by atoms with E-state index in [4.69, 9.17) is 0 Å². The summed E-state index contributed by atoms with van der Waals surface area (Å²) < 4.78 is 0. The van der Waals surface area contributed by atoms with Gasteiger partial charge in [0.15, 0.2) is 28.7 Å². The quantitative estimate of drug-likeness (QED) is 0.329. The lowest BCUT2D eigenvalue weighted by molar-refractivity contribution is -0.205. The fraction of sp³-hybridized carbons (Fsp3) is 0.462. The molecule has 0 spiro atoms. The standard InChI is InChI=1S/C39H42O7/c1-19(2)16-22-12-13-25(24-11-9-8-10-23(22)24)26-14-15-28(41)30-27(26)17-37(6)18-38(7)31(20(3)4)33(42)29(21(5)40)35(44)39(38,46)36(45)32(37)34(30)43/h8-15,19-20,29,31-32,41,46H,16-18H2,1-7H3/t29?,31?,32?,37-,38-,39+/m1/s1. The average molecular weight is 623 g/mol. The molecule has 7 nitrogen and oxygen atoms in total. The minimum absolute atomic E-state index is 0.0127. The Bertz CT molecular complexity index is 1870. The Morgan fingerprint density at radius 1 is 0.891 bits per heavy atom. The van der Waals surface area contributed by atoms with Crippen molar-refractivity contribution in [2.45, 2.75) is 73.3 Å². The van der Waals surface area contributed by atoms with Gasteiger partial charge in [-0.15, -0.1) is 0 Å². The molecular formula is C39H42O7. The highest BCUT2D eigenvalue weighted by Crippen LogP contribution is 2.64. The van der Waals surface area contributed by atoms with Crippen molar-refractivity contribution in [3.63, 3.8) is 0 Å². The molecule has 0 radical (unpaired) electrons. The van der Waals surface area contributed by atoms with Crippen molar-refractivity contribution in [2.24, 2.45) is 40.4 Å². The summed E-state index contributed by atoms with van der Waals surface area (Å²) in [4.78, 5) is 69.4. The molecule has 0 saturated heterocycles. The normalized spacial score (nSPS) is 30.9. The number of Topliss-reactive ketones (excluding diaryl/α,β-unsaturated/α-hetero) is 5. The lowest BCUT2D eigenvalue weighted by Crippen LogP contribution is -2.76. The smallest absolute Gasteiger partial charge is 0.190 e. The molecule has 2 fully saturated rings. The fourth-order valence-electron chi connectivity index (χ4n) is 9.60. The zero-order chi connectivity index (χ0) is 33.7. The van der Waals surface area contributed by atoms with Gasteiger partial charge in [0, 0.05) is 11.3 Å². The lowest BCUT2D eigenvalue weighted by atomic mass is 9.40. The Morgan fingerprint density at radius 2 is 1.52 bits per heavy atom. The minimum atomic E-state index is -2.71. The molecule has 7 heteroatoms. The van der Waals surface area contributed by atoms with E-state index in [2.05, 4.69) is 26.0 Å². The Balaban J connectivity index is 1.57. The average Bonchev–Trinajstić information content (AvgIpc) is 2.95. The molecule has 0 amide bonds. The van der Waals surface area contributed by atoms with Crippen LogP contribution in [-0.4, -0.2) is 44.7 Å². The van der Waals surface area contributed by atoms with Gasteiger partial charge in [-0.25, -0.2) is 0 Å². The van der Waals surface area contributed by atoms with Crippen LogP contribution < -0.4 is 0 Å². The number of hydrogen-bond donors (Lipinski definition) is 2. The maximum atomic E-state index is 14.6. The van der Waals surface area contributed by atoms with E-state index in [-0.39, 0.29) is 24.2 Å². The van der Waals surface area contributed by atoms with E-state index in [1.807, 2.05) is 31.2 Å². The van der Waals surface area contributed by atoms with Gasteiger partial charge in [-0.2, -0.15) is 0 Å². The van der Waals surface area contributed by atoms with Gasteiger partial charge in [-0.1, -0.05) is 84.0 Å². The van der Waals surface area contributed by atoms with Crippen LogP contribution in [0.15, 0.2) is 48.5 Å². The van der Waals surface area contributed by atoms with E-state index in [9.17, 15) is 34.2 Å². The van der Waals surface area contributed by atoms with Gasteiger partial charge in [0.25, 0.3) is 0 Å². The highest BCUT2D eigenvalue weighted by atomic mass is 16.3. The first-order valence-corrected chi connectivity index (χ1v) is 16.2. The minimum Gasteiger partial charge on any atom is -0.507 e. The van der Waals surface area contributed by atoms with Gasteiger partial charge in [0.1, 0.15) is 17.5 Å². The summed E-state index contributed by atoms with van der Waals surface area (Å²) in [6.45, 7) is 12.4. The summed E-state index contributed by atoms with van der Waals surface area (Å²) in [5, 5.41) is 25.5. The molecule has 6 atom stereocenters. The molecule has 240 valence electrons. The number of carbonyl (C=O) groups is 5. The predicted octanol–water partition coefficient (Wildman–Crippen LogP) is 6.11. The predicted molar refractivity (Wildman–Crippen MR) is 174 cm³/mol. The first-order chi connectivity index (χ1) is 21.5. The molecule has 3 aliphatic rings. The van der Waals surface area contributed by atoms with E-state index >= 15 is 0 Å². The summed E-state index contributed by atoms with van der Waals surface area (Å²) in [5.41, 5.74) is -1.86. The van der Waals surface area contributed by atoms with E-state index in [1.54, 1.807) is 26.8 Å². The van der Waals surface area contributed by atoms with Crippen LogP contribution in [0.25, 0.3) is 21.9 Å². The third-order valence-corrected chi connectivity index (χ3v) is 11.2. The molecule has 3 unspecified atom stereocenters. The van der Waals surface area contributed by atoms with Crippen molar-refractivity contribution in [3.8, 4) is 16.9 Å². The Hall–Kier alpha value is -3.97. The lowest BCUT2D eigenvalue weighted by Gasteiger charge is -2.61. The molecule has 2 N–H and O–H groups in total. The second kappa shape index (κ2) is 10.5. The third-order valence-electron chi connectivity index (χ3n) is 11.2. The van der Waals surface area contributed by atoms with Crippen LogP contribution in [0.4, 0.5) is 0 Å². The van der Waals surface area contributed by atoms with Crippen molar-refractivity contribution in [1.82, 2.24) is 0 Å². The Kier molecular flexibility index (Phi) is 7.32. The summed E-state index contributed by atoms with van der Waals surface area (Å²) in [6.07, 6.45) is 1.12. The molecule has 2 saturated carbocycles. The topological polar surface area (TPSA) is 126 Å². The summed E-state index contributed by atoms with van der Waals surface area (Å²) >= 11 is 0. The van der Waals surface area contributed by atoms with Gasteiger partial charge >= 0.3 is 0 Å². The van der Waals surface area contributed by atoms with Gasteiger partial charge < -0.3 is 10.2 Å². The molecule has 6 rings (SSSR count).